The van der Waals surface area contributed by atoms with Crippen molar-refractivity contribution >= 4 is 34.6 Å². The van der Waals surface area contributed by atoms with Gasteiger partial charge in [0.15, 0.2) is 11.4 Å². The molecule has 2 aliphatic heterocycles. The molecule has 7 nitrogen and oxygen atoms in total. The number of carbonyl (C=O) groups excluding carboxylic acids is 2. The lowest BCUT2D eigenvalue weighted by Crippen LogP contribution is -2.58. The van der Waals surface area contributed by atoms with Crippen molar-refractivity contribution in [3.8, 4) is 0 Å². The highest BCUT2D eigenvalue weighted by Crippen LogP contribution is 2.46. The maximum atomic E-state index is 15.1. The van der Waals surface area contributed by atoms with E-state index in [0.717, 1.165) is 17.0 Å². The first-order valence-electron chi connectivity index (χ1n) is 13.1. The van der Waals surface area contributed by atoms with Gasteiger partial charge in [-0.25, -0.2) is 18.2 Å². The summed E-state index contributed by atoms with van der Waals surface area (Å²) in [6.45, 7) is 7.03. The molecule has 1 N–H and O–H groups in total. The normalized spacial score (nSPS) is 20.4. The topological polar surface area (TPSA) is 74.2 Å². The number of anilines is 1. The monoisotopic (exact) mass is 572 g/mol. The van der Waals surface area contributed by atoms with Gasteiger partial charge in [-0.2, -0.15) is 5.10 Å². The molecule has 0 bridgehead atoms. The fourth-order valence-corrected chi connectivity index (χ4v) is 5.76. The van der Waals surface area contributed by atoms with Gasteiger partial charge in [0.1, 0.15) is 11.6 Å². The molecule has 3 heterocycles. The minimum Gasteiger partial charge on any atom is -0.378 e. The van der Waals surface area contributed by atoms with Crippen molar-refractivity contribution in [3.63, 3.8) is 0 Å². The van der Waals surface area contributed by atoms with E-state index in [0.29, 0.717) is 37.6 Å². The van der Waals surface area contributed by atoms with Gasteiger partial charge >= 0.3 is 0 Å². The number of hydrogen-bond acceptors (Lipinski definition) is 6. The Morgan fingerprint density at radius 1 is 1.05 bits per heavy atom. The number of halogens is 3. The van der Waals surface area contributed by atoms with Crippen molar-refractivity contribution < 1.29 is 27.5 Å². The minimum atomic E-state index is -1.56. The van der Waals surface area contributed by atoms with Gasteiger partial charge in [0.25, 0.3) is 0 Å². The number of benzene rings is 2. The van der Waals surface area contributed by atoms with Gasteiger partial charge in [-0.15, -0.1) is 11.3 Å². The lowest BCUT2D eigenvalue weighted by Gasteiger charge is -2.37. The van der Waals surface area contributed by atoms with Crippen LogP contribution in [0.15, 0.2) is 65.1 Å². The highest BCUT2D eigenvalue weighted by atomic mass is 32.1. The van der Waals surface area contributed by atoms with Crippen LogP contribution in [0.25, 0.3) is 0 Å². The summed E-state index contributed by atoms with van der Waals surface area (Å²) in [5, 5.41) is 10.5. The number of rotatable bonds is 6. The number of hydrogen-bond donors (Lipinski definition) is 1. The molecule has 0 radical (unpaired) electrons. The zero-order chi connectivity index (χ0) is 28.9. The molecule has 0 aliphatic carbocycles. The predicted octanol–water partition coefficient (Wildman–Crippen LogP) is 4.93. The lowest BCUT2D eigenvalue weighted by molar-refractivity contribution is -0.137. The van der Waals surface area contributed by atoms with Crippen LogP contribution in [0.1, 0.15) is 37.1 Å². The van der Waals surface area contributed by atoms with E-state index in [9.17, 15) is 18.4 Å². The van der Waals surface area contributed by atoms with Gasteiger partial charge in [-0.05, 0) is 48.2 Å². The van der Waals surface area contributed by atoms with Crippen LogP contribution >= 0.6 is 11.3 Å². The zero-order valence-corrected chi connectivity index (χ0v) is 23.3. The van der Waals surface area contributed by atoms with E-state index in [4.69, 9.17) is 4.74 Å². The highest BCUT2D eigenvalue weighted by Gasteiger charge is 2.55. The number of ether oxygens (including phenoxy) is 1. The van der Waals surface area contributed by atoms with Gasteiger partial charge < -0.3 is 15.0 Å². The first-order chi connectivity index (χ1) is 19.3. The zero-order valence-electron chi connectivity index (χ0n) is 22.5. The Morgan fingerprint density at radius 3 is 2.35 bits per heavy atom. The van der Waals surface area contributed by atoms with Crippen molar-refractivity contribution in [2.24, 2.45) is 5.10 Å². The number of morpholine rings is 1. The Labute approximate surface area is 235 Å². The van der Waals surface area contributed by atoms with Crippen LogP contribution in [0.3, 0.4) is 0 Å². The summed E-state index contributed by atoms with van der Waals surface area (Å²) in [6.07, 6.45) is 0. The molecule has 2 aromatic carbocycles. The second-order valence-electron chi connectivity index (χ2n) is 9.17. The fourth-order valence-electron chi connectivity index (χ4n) is 4.81. The quantitative estimate of drug-likeness (QED) is 0.455. The van der Waals surface area contributed by atoms with E-state index >= 15 is 4.39 Å². The second-order valence-corrected chi connectivity index (χ2v) is 10.2. The van der Waals surface area contributed by atoms with Crippen LogP contribution in [0.2, 0.25) is 0 Å². The summed E-state index contributed by atoms with van der Waals surface area (Å²) in [7, 11) is 0. The van der Waals surface area contributed by atoms with Gasteiger partial charge in [0.2, 0.25) is 11.8 Å². The average Bonchev–Trinajstić information content (AvgIpc) is 3.60. The standard InChI is InChI=1S/C27H25F3N4O3S.C2H6/c1-27(26(36)31-16-23(35)33-10-12-37-13-11-33)24(22-3-2-14-38-22)25(17-4-6-18(28)7-5-17)32-34(27)21-9-8-19(29)15-20(21)30;1-2/h2-9,14-15,24H,10-13,16H2,1H3,(H,31,36);1-2H3. The summed E-state index contributed by atoms with van der Waals surface area (Å²) in [5.74, 6) is -3.66. The Bertz CT molecular complexity index is 1360. The Hall–Kier alpha value is -3.70. The molecule has 40 heavy (non-hydrogen) atoms. The third kappa shape index (κ3) is 5.75. The Morgan fingerprint density at radius 2 is 1.73 bits per heavy atom. The molecule has 0 saturated carbocycles. The SMILES string of the molecule is CC.CC1(C(=O)NCC(=O)N2CCOCC2)C(c2cccs2)C(c2ccc(F)cc2)=NN1c1ccc(F)cc1F. The fraction of sp³-hybridized carbons (Fsp3) is 0.345. The maximum Gasteiger partial charge on any atom is 0.249 e. The van der Waals surface area contributed by atoms with E-state index in [1.54, 1.807) is 24.0 Å². The third-order valence-electron chi connectivity index (χ3n) is 6.81. The summed E-state index contributed by atoms with van der Waals surface area (Å²) in [4.78, 5) is 29.1. The van der Waals surface area contributed by atoms with Crippen molar-refractivity contribution in [3.05, 3.63) is 87.9 Å². The van der Waals surface area contributed by atoms with E-state index in [-0.39, 0.29) is 18.1 Å². The molecule has 212 valence electrons. The molecular weight excluding hydrogens is 541 g/mol. The van der Waals surface area contributed by atoms with Gasteiger partial charge in [0.05, 0.1) is 37.1 Å². The van der Waals surface area contributed by atoms with Crippen LogP contribution in [-0.2, 0) is 14.3 Å². The van der Waals surface area contributed by atoms with Crippen molar-refractivity contribution in [1.29, 1.82) is 0 Å². The van der Waals surface area contributed by atoms with Crippen LogP contribution in [-0.4, -0.2) is 60.8 Å². The summed E-state index contributed by atoms with van der Waals surface area (Å²) >= 11 is 1.39. The third-order valence-corrected chi connectivity index (χ3v) is 7.75. The number of amides is 2. The highest BCUT2D eigenvalue weighted by molar-refractivity contribution is 7.10. The van der Waals surface area contributed by atoms with E-state index < -0.39 is 34.8 Å². The summed E-state index contributed by atoms with van der Waals surface area (Å²) < 4.78 is 47.9. The maximum absolute atomic E-state index is 15.1. The number of nitrogens with zero attached hydrogens (tertiary/aromatic N) is 3. The molecule has 11 heteroatoms. The Balaban J connectivity index is 0.00000181. The molecular formula is C29H31F3N4O3S. The molecule has 2 atom stereocenters. The van der Waals surface area contributed by atoms with E-state index in [1.807, 2.05) is 31.4 Å². The number of thiophene rings is 1. The van der Waals surface area contributed by atoms with E-state index in [1.165, 1.54) is 34.5 Å². The molecule has 1 aromatic heterocycles. The van der Waals surface area contributed by atoms with Gasteiger partial charge in [-0.1, -0.05) is 32.0 Å². The smallest absolute Gasteiger partial charge is 0.249 e. The average molecular weight is 573 g/mol. The van der Waals surface area contributed by atoms with Crippen LogP contribution in [0, 0.1) is 17.5 Å². The predicted molar refractivity (Wildman–Crippen MR) is 149 cm³/mol. The van der Waals surface area contributed by atoms with Gasteiger partial charge in [0, 0.05) is 24.0 Å². The van der Waals surface area contributed by atoms with Crippen LogP contribution in [0.4, 0.5) is 18.9 Å². The second kappa shape index (κ2) is 12.6. The minimum absolute atomic E-state index is 0.109. The van der Waals surface area contributed by atoms with Crippen molar-refractivity contribution in [2.75, 3.05) is 37.9 Å². The van der Waals surface area contributed by atoms with E-state index in [2.05, 4.69) is 10.4 Å². The lowest BCUT2D eigenvalue weighted by atomic mass is 9.78. The molecule has 2 amide bonds. The molecule has 2 aliphatic rings. The number of hydrazone groups is 1. The molecule has 0 spiro atoms. The molecule has 2 unspecified atom stereocenters. The largest absolute Gasteiger partial charge is 0.378 e. The van der Waals surface area contributed by atoms with Crippen molar-refractivity contribution in [2.45, 2.75) is 32.2 Å². The van der Waals surface area contributed by atoms with Crippen molar-refractivity contribution in [1.82, 2.24) is 10.2 Å². The number of nitrogens with one attached hydrogen (secondary N) is 1. The first kappa shape index (κ1) is 29.3. The van der Waals surface area contributed by atoms with Crippen LogP contribution in [0.5, 0.6) is 0 Å². The molecule has 3 aromatic rings. The summed E-state index contributed by atoms with van der Waals surface area (Å²) in [6, 6.07) is 12.3. The molecule has 1 saturated heterocycles. The van der Waals surface area contributed by atoms with Crippen LogP contribution < -0.4 is 10.3 Å². The Kier molecular flexibility index (Phi) is 9.26. The summed E-state index contributed by atoms with van der Waals surface area (Å²) in [5.41, 5.74) is -0.716. The molecule has 5 rings (SSSR count). The molecule has 1 fully saturated rings. The first-order valence-corrected chi connectivity index (χ1v) is 13.9. The number of carbonyl (C=O) groups is 2. The van der Waals surface area contributed by atoms with Gasteiger partial charge in [-0.3, -0.25) is 9.59 Å².